The molecule has 0 aliphatic rings. The molecule has 0 fully saturated rings. The van der Waals surface area contributed by atoms with Gasteiger partial charge in [0.2, 0.25) is 0 Å². The molecular weight excluding hydrogens is 232 g/mol. The van der Waals surface area contributed by atoms with Crippen LogP contribution in [0, 0.1) is 6.92 Å². The molecule has 0 amide bonds. The molecule has 3 N–H and O–H groups in total. The van der Waals surface area contributed by atoms with Crippen molar-refractivity contribution >= 4 is 23.0 Å². The molecule has 0 atom stereocenters. The second kappa shape index (κ2) is 5.21. The number of hydrogen-bond donors (Lipinski definition) is 2. The van der Waals surface area contributed by atoms with E-state index >= 15 is 0 Å². The van der Waals surface area contributed by atoms with Crippen molar-refractivity contribution in [2.45, 2.75) is 13.5 Å². The lowest BCUT2D eigenvalue weighted by atomic mass is 10.2. The van der Waals surface area contributed by atoms with E-state index < -0.39 is 0 Å². The lowest BCUT2D eigenvalue weighted by Crippen LogP contribution is -1.96. The van der Waals surface area contributed by atoms with Gasteiger partial charge in [-0.1, -0.05) is 29.8 Å². The zero-order valence-corrected chi connectivity index (χ0v) is 10.5. The lowest BCUT2D eigenvalue weighted by Gasteiger charge is -2.08. The fourth-order valence-electron chi connectivity index (χ4n) is 1.56. The first-order valence-electron chi connectivity index (χ1n) is 5.51. The number of hydrogen-bond acceptors (Lipinski definition) is 2. The normalized spacial score (nSPS) is 10.3. The van der Waals surface area contributed by atoms with Crippen molar-refractivity contribution in [1.29, 1.82) is 0 Å². The van der Waals surface area contributed by atoms with Crippen molar-refractivity contribution < 1.29 is 0 Å². The predicted octanol–water partition coefficient (Wildman–Crippen LogP) is 3.85. The van der Waals surface area contributed by atoms with Crippen LogP contribution in [0.2, 0.25) is 5.02 Å². The van der Waals surface area contributed by atoms with Gasteiger partial charge >= 0.3 is 0 Å². The van der Waals surface area contributed by atoms with Gasteiger partial charge in [0.25, 0.3) is 0 Å². The van der Waals surface area contributed by atoms with Crippen LogP contribution in [0.3, 0.4) is 0 Å². The number of halogens is 1. The average molecular weight is 247 g/mol. The summed E-state index contributed by atoms with van der Waals surface area (Å²) in [6.07, 6.45) is 0. The lowest BCUT2D eigenvalue weighted by molar-refractivity contribution is 1.07. The standard InChI is InChI=1S/C14H15ClN2/c1-10-2-5-13(8-14(10)15)17-12-6-3-11(9-16)4-7-12/h2-8,17H,9,16H2,1H3. The van der Waals surface area contributed by atoms with Gasteiger partial charge in [0.15, 0.2) is 0 Å². The molecule has 0 unspecified atom stereocenters. The van der Waals surface area contributed by atoms with E-state index in [1.165, 1.54) is 0 Å². The molecule has 0 aliphatic carbocycles. The quantitative estimate of drug-likeness (QED) is 0.863. The zero-order valence-electron chi connectivity index (χ0n) is 9.70. The molecule has 0 heterocycles. The van der Waals surface area contributed by atoms with Crippen LogP contribution >= 0.6 is 11.6 Å². The van der Waals surface area contributed by atoms with Crippen LogP contribution in [0.5, 0.6) is 0 Å². The Hall–Kier alpha value is -1.51. The van der Waals surface area contributed by atoms with Crippen LogP contribution in [-0.4, -0.2) is 0 Å². The molecule has 2 aromatic carbocycles. The van der Waals surface area contributed by atoms with Crippen molar-refractivity contribution in [1.82, 2.24) is 0 Å². The minimum Gasteiger partial charge on any atom is -0.355 e. The van der Waals surface area contributed by atoms with Crippen LogP contribution in [0.25, 0.3) is 0 Å². The first-order valence-corrected chi connectivity index (χ1v) is 5.89. The molecule has 0 aliphatic heterocycles. The van der Waals surface area contributed by atoms with E-state index in [4.69, 9.17) is 17.3 Å². The Morgan fingerprint density at radius 3 is 2.29 bits per heavy atom. The topological polar surface area (TPSA) is 38.0 Å². The van der Waals surface area contributed by atoms with Crippen molar-refractivity contribution in [3.8, 4) is 0 Å². The Labute approximate surface area is 106 Å². The number of nitrogens with one attached hydrogen (secondary N) is 1. The summed E-state index contributed by atoms with van der Waals surface area (Å²) in [5, 5.41) is 4.07. The van der Waals surface area contributed by atoms with Gasteiger partial charge in [-0.3, -0.25) is 0 Å². The molecule has 2 nitrogen and oxygen atoms in total. The Balaban J connectivity index is 2.16. The third-order valence-corrected chi connectivity index (χ3v) is 3.06. The number of benzene rings is 2. The third-order valence-electron chi connectivity index (χ3n) is 2.65. The maximum Gasteiger partial charge on any atom is 0.0455 e. The van der Waals surface area contributed by atoms with Crippen LogP contribution in [0.1, 0.15) is 11.1 Å². The van der Waals surface area contributed by atoms with E-state index in [1.54, 1.807) is 0 Å². The second-order valence-electron chi connectivity index (χ2n) is 3.99. The van der Waals surface area contributed by atoms with Gasteiger partial charge in [0, 0.05) is 22.9 Å². The largest absolute Gasteiger partial charge is 0.355 e. The van der Waals surface area contributed by atoms with Gasteiger partial charge in [-0.25, -0.2) is 0 Å². The minimum atomic E-state index is 0.566. The van der Waals surface area contributed by atoms with Crippen LogP contribution in [0.4, 0.5) is 11.4 Å². The van der Waals surface area contributed by atoms with Gasteiger partial charge in [0.1, 0.15) is 0 Å². The maximum atomic E-state index is 6.07. The van der Waals surface area contributed by atoms with E-state index in [2.05, 4.69) is 5.32 Å². The highest BCUT2D eigenvalue weighted by Crippen LogP contribution is 2.23. The van der Waals surface area contributed by atoms with Crippen LogP contribution < -0.4 is 11.1 Å². The minimum absolute atomic E-state index is 0.566. The summed E-state index contributed by atoms with van der Waals surface area (Å²) >= 11 is 6.07. The Morgan fingerprint density at radius 1 is 1.06 bits per heavy atom. The first-order chi connectivity index (χ1) is 8.19. The van der Waals surface area contributed by atoms with Crippen molar-refractivity contribution in [2.75, 3.05) is 5.32 Å². The highest BCUT2D eigenvalue weighted by atomic mass is 35.5. The fraction of sp³-hybridized carbons (Fsp3) is 0.143. The van der Waals surface area contributed by atoms with E-state index in [-0.39, 0.29) is 0 Å². The van der Waals surface area contributed by atoms with E-state index in [0.717, 1.165) is 27.5 Å². The molecule has 0 saturated carbocycles. The molecule has 17 heavy (non-hydrogen) atoms. The summed E-state index contributed by atoms with van der Waals surface area (Å²) in [7, 11) is 0. The molecule has 0 bridgehead atoms. The van der Waals surface area contributed by atoms with Gasteiger partial charge in [-0.05, 0) is 42.3 Å². The maximum absolute atomic E-state index is 6.07. The molecule has 0 radical (unpaired) electrons. The Bertz CT molecular complexity index is 506. The van der Waals surface area contributed by atoms with Crippen molar-refractivity contribution in [3.63, 3.8) is 0 Å². The number of rotatable bonds is 3. The third kappa shape index (κ3) is 2.99. The summed E-state index contributed by atoms with van der Waals surface area (Å²) in [6, 6.07) is 14.0. The van der Waals surface area contributed by atoms with Gasteiger partial charge in [-0.15, -0.1) is 0 Å². The predicted molar refractivity (Wildman–Crippen MR) is 73.8 cm³/mol. The molecular formula is C14H15ClN2. The highest BCUT2D eigenvalue weighted by Gasteiger charge is 1.98. The second-order valence-corrected chi connectivity index (χ2v) is 4.40. The van der Waals surface area contributed by atoms with Gasteiger partial charge < -0.3 is 11.1 Å². The molecule has 0 aromatic heterocycles. The van der Waals surface area contributed by atoms with Gasteiger partial charge in [0.05, 0.1) is 0 Å². The van der Waals surface area contributed by atoms with Crippen LogP contribution in [-0.2, 0) is 6.54 Å². The summed E-state index contributed by atoms with van der Waals surface area (Å²) < 4.78 is 0. The Kier molecular flexibility index (Phi) is 3.67. The van der Waals surface area contributed by atoms with E-state index in [0.29, 0.717) is 6.54 Å². The number of nitrogens with two attached hydrogens (primary N) is 1. The van der Waals surface area contributed by atoms with Gasteiger partial charge in [-0.2, -0.15) is 0 Å². The average Bonchev–Trinajstić information content (AvgIpc) is 2.35. The molecule has 2 rings (SSSR count). The number of aryl methyl sites for hydroxylation is 1. The highest BCUT2D eigenvalue weighted by molar-refractivity contribution is 6.31. The molecule has 2 aromatic rings. The van der Waals surface area contributed by atoms with Crippen molar-refractivity contribution in [3.05, 3.63) is 58.6 Å². The first kappa shape index (κ1) is 12.0. The summed E-state index contributed by atoms with van der Waals surface area (Å²) in [4.78, 5) is 0. The molecule has 3 heteroatoms. The molecule has 0 spiro atoms. The smallest absolute Gasteiger partial charge is 0.0455 e. The fourth-order valence-corrected chi connectivity index (χ4v) is 1.74. The summed E-state index contributed by atoms with van der Waals surface area (Å²) in [5.41, 5.74) is 9.77. The monoisotopic (exact) mass is 246 g/mol. The molecule has 0 saturated heterocycles. The Morgan fingerprint density at radius 2 is 1.71 bits per heavy atom. The summed E-state index contributed by atoms with van der Waals surface area (Å²) in [6.45, 7) is 2.55. The SMILES string of the molecule is Cc1ccc(Nc2ccc(CN)cc2)cc1Cl. The molecule has 88 valence electrons. The van der Waals surface area contributed by atoms with E-state index in [9.17, 15) is 0 Å². The zero-order chi connectivity index (χ0) is 12.3. The van der Waals surface area contributed by atoms with Crippen LogP contribution in [0.15, 0.2) is 42.5 Å². The van der Waals surface area contributed by atoms with Crippen molar-refractivity contribution in [2.24, 2.45) is 5.73 Å². The summed E-state index contributed by atoms with van der Waals surface area (Å²) in [5.74, 6) is 0. The van der Waals surface area contributed by atoms with E-state index in [1.807, 2.05) is 49.4 Å². The number of anilines is 2.